The summed E-state index contributed by atoms with van der Waals surface area (Å²) in [7, 11) is -0.986. The van der Waals surface area contributed by atoms with Gasteiger partial charge < -0.3 is 19.7 Å². The molecule has 0 spiro atoms. The maximum atomic E-state index is 13.8. The van der Waals surface area contributed by atoms with Crippen LogP contribution in [-0.2, 0) is 26.2 Å². The molecule has 0 radical (unpaired) electrons. The Balaban J connectivity index is 2.52. The number of sulfonamides is 1. The lowest BCUT2D eigenvalue weighted by Crippen LogP contribution is -2.53. The smallest absolute Gasteiger partial charge is 0.244 e. The van der Waals surface area contributed by atoms with Crippen LogP contribution in [0.15, 0.2) is 42.5 Å². The Morgan fingerprint density at radius 1 is 1.03 bits per heavy atom. The van der Waals surface area contributed by atoms with Crippen LogP contribution >= 0.6 is 0 Å². The topological polar surface area (TPSA) is 105 Å². The first kappa shape index (κ1) is 30.0. The molecule has 37 heavy (non-hydrogen) atoms. The maximum absolute atomic E-state index is 13.8. The number of nitrogens with one attached hydrogen (secondary N) is 1. The van der Waals surface area contributed by atoms with E-state index in [1.807, 2.05) is 52.0 Å². The van der Waals surface area contributed by atoms with E-state index < -0.39 is 28.5 Å². The second-order valence-electron chi connectivity index (χ2n) is 9.00. The van der Waals surface area contributed by atoms with Gasteiger partial charge >= 0.3 is 0 Å². The molecule has 0 fully saturated rings. The van der Waals surface area contributed by atoms with Crippen molar-refractivity contribution in [1.29, 1.82) is 0 Å². The molecular weight excluding hydrogens is 494 g/mol. The lowest BCUT2D eigenvalue weighted by molar-refractivity contribution is -0.140. The van der Waals surface area contributed by atoms with E-state index in [0.717, 1.165) is 28.1 Å². The van der Waals surface area contributed by atoms with Crippen LogP contribution in [-0.4, -0.2) is 64.2 Å². The van der Waals surface area contributed by atoms with Crippen LogP contribution in [0.4, 0.5) is 5.69 Å². The Morgan fingerprint density at radius 2 is 1.70 bits per heavy atom. The van der Waals surface area contributed by atoms with Crippen LogP contribution < -0.4 is 19.1 Å². The zero-order valence-corrected chi connectivity index (χ0v) is 23.6. The molecule has 0 saturated heterocycles. The normalized spacial score (nSPS) is 12.8. The van der Waals surface area contributed by atoms with Gasteiger partial charge in [0.25, 0.3) is 0 Å². The van der Waals surface area contributed by atoms with Gasteiger partial charge in [0.15, 0.2) is 0 Å². The molecule has 2 atom stereocenters. The average molecular weight is 534 g/mol. The molecule has 2 amide bonds. The largest absolute Gasteiger partial charge is 0.497 e. The van der Waals surface area contributed by atoms with Crippen LogP contribution in [0.3, 0.4) is 0 Å². The van der Waals surface area contributed by atoms with Crippen molar-refractivity contribution < 1.29 is 27.5 Å². The average Bonchev–Trinajstić information content (AvgIpc) is 2.86. The Bertz CT molecular complexity index is 1180. The van der Waals surface area contributed by atoms with Crippen molar-refractivity contribution in [3.05, 3.63) is 53.6 Å². The third-order valence-corrected chi connectivity index (χ3v) is 7.45. The number of methoxy groups -OCH3 is 2. The summed E-state index contributed by atoms with van der Waals surface area (Å²) in [5.74, 6) is -0.0525. The standard InChI is InChI=1S/C27H39N3O6S/c1-8-20(4)28-27(32)23(9-2)29(17-21-13-11-10-12-19(21)3)26(31)18-30(37(7,33)34)24-15-14-22(35-5)16-25(24)36-6/h10-16,20,23H,8-9,17-18H2,1-7H3,(H,28,32)/t20-,23+/m1/s1. The van der Waals surface area contributed by atoms with Crippen LogP contribution in [0.1, 0.15) is 44.7 Å². The number of aryl methyl sites for hydroxylation is 1. The quantitative estimate of drug-likeness (QED) is 0.423. The van der Waals surface area contributed by atoms with E-state index in [4.69, 9.17) is 9.47 Å². The van der Waals surface area contributed by atoms with Gasteiger partial charge in [-0.3, -0.25) is 13.9 Å². The number of nitrogens with zero attached hydrogens (tertiary/aromatic N) is 2. The first-order chi connectivity index (χ1) is 17.5. The highest BCUT2D eigenvalue weighted by molar-refractivity contribution is 7.92. The van der Waals surface area contributed by atoms with E-state index in [0.29, 0.717) is 12.2 Å². The van der Waals surface area contributed by atoms with Gasteiger partial charge in [-0.05, 0) is 49.9 Å². The number of anilines is 1. The Kier molecular flexibility index (Phi) is 10.8. The number of rotatable bonds is 13. The van der Waals surface area contributed by atoms with Crippen molar-refractivity contribution in [2.24, 2.45) is 0 Å². The van der Waals surface area contributed by atoms with Gasteiger partial charge in [-0.2, -0.15) is 0 Å². The number of benzene rings is 2. The summed E-state index contributed by atoms with van der Waals surface area (Å²) in [6.45, 7) is 7.30. The molecule has 204 valence electrons. The van der Waals surface area contributed by atoms with E-state index in [1.54, 1.807) is 12.1 Å². The van der Waals surface area contributed by atoms with E-state index >= 15 is 0 Å². The molecule has 0 saturated carbocycles. The fraction of sp³-hybridized carbons (Fsp3) is 0.481. The highest BCUT2D eigenvalue weighted by Crippen LogP contribution is 2.33. The Labute approximate surface area is 220 Å². The first-order valence-electron chi connectivity index (χ1n) is 12.3. The van der Waals surface area contributed by atoms with Gasteiger partial charge in [0.05, 0.1) is 26.2 Å². The molecule has 2 aromatic rings. The van der Waals surface area contributed by atoms with Crippen LogP contribution in [0, 0.1) is 6.92 Å². The van der Waals surface area contributed by atoms with Crippen LogP contribution in [0.25, 0.3) is 0 Å². The minimum absolute atomic E-state index is 0.0620. The monoisotopic (exact) mass is 533 g/mol. The second-order valence-corrected chi connectivity index (χ2v) is 10.9. The van der Waals surface area contributed by atoms with E-state index in [9.17, 15) is 18.0 Å². The van der Waals surface area contributed by atoms with Gasteiger partial charge in [0, 0.05) is 18.7 Å². The summed E-state index contributed by atoms with van der Waals surface area (Å²) in [4.78, 5) is 28.5. The summed E-state index contributed by atoms with van der Waals surface area (Å²) in [5.41, 5.74) is 2.04. The molecule has 1 N–H and O–H groups in total. The molecular formula is C27H39N3O6S. The molecule has 2 rings (SSSR count). The summed E-state index contributed by atoms with van der Waals surface area (Å²) in [6, 6.07) is 11.4. The molecule has 0 aromatic heterocycles. The molecule has 9 nitrogen and oxygen atoms in total. The van der Waals surface area contributed by atoms with Gasteiger partial charge in [-0.1, -0.05) is 38.1 Å². The minimum atomic E-state index is -3.89. The van der Waals surface area contributed by atoms with Crippen molar-refractivity contribution in [2.75, 3.05) is 31.3 Å². The van der Waals surface area contributed by atoms with Gasteiger partial charge in [0.2, 0.25) is 21.8 Å². The molecule has 0 aliphatic carbocycles. The van der Waals surface area contributed by atoms with Crippen molar-refractivity contribution in [3.8, 4) is 11.5 Å². The molecule has 2 aromatic carbocycles. The third-order valence-electron chi connectivity index (χ3n) is 6.32. The highest BCUT2D eigenvalue weighted by Gasteiger charge is 2.33. The second kappa shape index (κ2) is 13.3. The zero-order valence-electron chi connectivity index (χ0n) is 22.8. The van der Waals surface area contributed by atoms with Crippen LogP contribution in [0.2, 0.25) is 0 Å². The lowest BCUT2D eigenvalue weighted by atomic mass is 10.1. The van der Waals surface area contributed by atoms with E-state index in [2.05, 4.69) is 5.32 Å². The Hall–Kier alpha value is -3.27. The van der Waals surface area contributed by atoms with Crippen molar-refractivity contribution >= 4 is 27.5 Å². The molecule has 0 unspecified atom stereocenters. The predicted molar refractivity (Wildman–Crippen MR) is 145 cm³/mol. The molecule has 10 heteroatoms. The molecule has 0 aliphatic rings. The summed E-state index contributed by atoms with van der Waals surface area (Å²) in [5, 5.41) is 2.96. The van der Waals surface area contributed by atoms with Crippen LogP contribution in [0.5, 0.6) is 11.5 Å². The van der Waals surface area contributed by atoms with E-state index in [1.165, 1.54) is 25.2 Å². The fourth-order valence-corrected chi connectivity index (χ4v) is 4.77. The fourth-order valence-electron chi connectivity index (χ4n) is 3.92. The van der Waals surface area contributed by atoms with Gasteiger partial charge in [-0.15, -0.1) is 0 Å². The van der Waals surface area contributed by atoms with Gasteiger partial charge in [0.1, 0.15) is 24.1 Å². The predicted octanol–water partition coefficient (Wildman–Crippen LogP) is 3.50. The zero-order chi connectivity index (χ0) is 27.8. The minimum Gasteiger partial charge on any atom is -0.497 e. The Morgan fingerprint density at radius 3 is 2.24 bits per heavy atom. The summed E-state index contributed by atoms with van der Waals surface area (Å²) < 4.78 is 37.4. The van der Waals surface area contributed by atoms with Gasteiger partial charge in [-0.25, -0.2) is 8.42 Å². The van der Waals surface area contributed by atoms with Crippen molar-refractivity contribution in [3.63, 3.8) is 0 Å². The highest BCUT2D eigenvalue weighted by atomic mass is 32.2. The first-order valence-corrected chi connectivity index (χ1v) is 14.2. The number of amides is 2. The van der Waals surface area contributed by atoms with Crippen molar-refractivity contribution in [2.45, 2.75) is 59.2 Å². The maximum Gasteiger partial charge on any atom is 0.244 e. The lowest BCUT2D eigenvalue weighted by Gasteiger charge is -2.34. The molecule has 0 aliphatic heterocycles. The third kappa shape index (κ3) is 7.85. The molecule has 0 bridgehead atoms. The summed E-state index contributed by atoms with van der Waals surface area (Å²) >= 11 is 0. The number of carbonyl (C=O) groups is 2. The number of hydrogen-bond acceptors (Lipinski definition) is 6. The SMILES string of the molecule is CC[C@@H](C)NC(=O)[C@H](CC)N(Cc1ccccc1C)C(=O)CN(c1ccc(OC)cc1OC)S(C)(=O)=O. The number of ether oxygens (including phenoxy) is 2. The molecule has 0 heterocycles. The summed E-state index contributed by atoms with van der Waals surface area (Å²) in [6.07, 6.45) is 2.14. The van der Waals surface area contributed by atoms with E-state index in [-0.39, 0.29) is 29.9 Å². The number of hydrogen-bond donors (Lipinski definition) is 1. The van der Waals surface area contributed by atoms with Crippen molar-refractivity contribution in [1.82, 2.24) is 10.2 Å². The number of carbonyl (C=O) groups excluding carboxylic acids is 2.